The molecule has 1 aromatic rings. The van der Waals surface area contributed by atoms with Gasteiger partial charge in [0, 0.05) is 18.8 Å². The lowest BCUT2D eigenvalue weighted by Gasteiger charge is -2.15. The number of ether oxygens (including phenoxy) is 1. The highest BCUT2D eigenvalue weighted by Crippen LogP contribution is 2.21. The van der Waals surface area contributed by atoms with Crippen molar-refractivity contribution in [3.63, 3.8) is 0 Å². The van der Waals surface area contributed by atoms with Gasteiger partial charge in [0.05, 0.1) is 5.56 Å². The molecule has 0 atom stereocenters. The van der Waals surface area contributed by atoms with Crippen molar-refractivity contribution in [3.05, 3.63) is 41.5 Å². The summed E-state index contributed by atoms with van der Waals surface area (Å²) in [4.78, 5) is 35.2. The summed E-state index contributed by atoms with van der Waals surface area (Å²) in [6.07, 6.45) is 8.05. The maximum absolute atomic E-state index is 12.3. The van der Waals surface area contributed by atoms with Gasteiger partial charge in [-0.3, -0.25) is 10.1 Å². The van der Waals surface area contributed by atoms with Gasteiger partial charge in [-0.1, -0.05) is 23.8 Å². The zero-order valence-corrected chi connectivity index (χ0v) is 15.7. The highest BCUT2D eigenvalue weighted by Gasteiger charge is 2.15. The number of nitrogens with one attached hydrogen (secondary N) is 3. The molecule has 0 heterocycles. The van der Waals surface area contributed by atoms with Gasteiger partial charge in [0.15, 0.2) is 6.61 Å². The summed E-state index contributed by atoms with van der Waals surface area (Å²) in [5, 5.41) is 7.79. The van der Waals surface area contributed by atoms with Crippen molar-refractivity contribution in [2.75, 3.05) is 25.0 Å². The Morgan fingerprint density at radius 3 is 2.70 bits per heavy atom. The molecule has 0 unspecified atom stereocenters. The number of urea groups is 1. The smallest absolute Gasteiger partial charge is 0.340 e. The van der Waals surface area contributed by atoms with E-state index in [1.165, 1.54) is 18.4 Å². The van der Waals surface area contributed by atoms with E-state index in [0.29, 0.717) is 17.8 Å². The fourth-order valence-electron chi connectivity index (χ4n) is 2.88. The first-order valence-corrected chi connectivity index (χ1v) is 9.35. The third-order valence-electron chi connectivity index (χ3n) is 4.22. The van der Waals surface area contributed by atoms with Gasteiger partial charge in [-0.05, 0) is 51.2 Å². The van der Waals surface area contributed by atoms with Crippen molar-refractivity contribution in [2.24, 2.45) is 0 Å². The Kier molecular flexibility index (Phi) is 8.35. The second-order valence-electron chi connectivity index (χ2n) is 6.31. The molecule has 0 bridgehead atoms. The van der Waals surface area contributed by atoms with Crippen LogP contribution in [0.1, 0.15) is 49.4 Å². The number of rotatable bonds is 8. The second-order valence-corrected chi connectivity index (χ2v) is 6.31. The van der Waals surface area contributed by atoms with Crippen LogP contribution in [0.5, 0.6) is 0 Å². The van der Waals surface area contributed by atoms with Crippen LogP contribution < -0.4 is 16.0 Å². The van der Waals surface area contributed by atoms with Gasteiger partial charge in [-0.15, -0.1) is 0 Å². The van der Waals surface area contributed by atoms with Gasteiger partial charge in [0.25, 0.3) is 5.91 Å². The molecule has 7 heteroatoms. The van der Waals surface area contributed by atoms with Crippen LogP contribution in [0.4, 0.5) is 10.5 Å². The molecular weight excluding hydrogens is 346 g/mol. The molecule has 3 amide bonds. The van der Waals surface area contributed by atoms with Crippen LogP contribution >= 0.6 is 0 Å². The largest absolute Gasteiger partial charge is 0.452 e. The molecule has 0 saturated heterocycles. The van der Waals surface area contributed by atoms with Crippen LogP contribution in [0.15, 0.2) is 35.9 Å². The van der Waals surface area contributed by atoms with Crippen molar-refractivity contribution in [1.82, 2.24) is 10.6 Å². The lowest BCUT2D eigenvalue weighted by molar-refractivity contribution is -0.123. The van der Waals surface area contributed by atoms with Crippen LogP contribution in [-0.4, -0.2) is 37.6 Å². The average Bonchev–Trinajstić information content (AvgIpc) is 2.67. The van der Waals surface area contributed by atoms with Crippen LogP contribution in [0.3, 0.4) is 0 Å². The molecule has 146 valence electrons. The number of carbonyl (C=O) groups excluding carboxylic acids is 3. The number of carbonyl (C=O) groups is 3. The van der Waals surface area contributed by atoms with Gasteiger partial charge in [0.1, 0.15) is 0 Å². The predicted molar refractivity (Wildman–Crippen MR) is 104 cm³/mol. The quantitative estimate of drug-likeness (QED) is 0.481. The molecule has 1 aliphatic carbocycles. The number of allylic oxidation sites excluding steroid dienone is 1. The van der Waals surface area contributed by atoms with Crippen LogP contribution in [0, 0.1) is 0 Å². The van der Waals surface area contributed by atoms with Gasteiger partial charge in [-0.2, -0.15) is 0 Å². The van der Waals surface area contributed by atoms with E-state index >= 15 is 0 Å². The average molecular weight is 373 g/mol. The number of imide groups is 1. The lowest BCUT2D eigenvalue weighted by Crippen LogP contribution is -2.41. The number of hydrogen-bond acceptors (Lipinski definition) is 5. The summed E-state index contributed by atoms with van der Waals surface area (Å²) >= 11 is 0. The van der Waals surface area contributed by atoms with Crippen molar-refractivity contribution >= 4 is 23.6 Å². The van der Waals surface area contributed by atoms with Crippen LogP contribution in [0.25, 0.3) is 0 Å². The number of anilines is 1. The van der Waals surface area contributed by atoms with Gasteiger partial charge in [-0.25, -0.2) is 9.59 Å². The summed E-state index contributed by atoms with van der Waals surface area (Å²) in [5.74, 6) is -1.29. The second kappa shape index (κ2) is 11.0. The van der Waals surface area contributed by atoms with E-state index in [1.807, 2.05) is 6.07 Å². The maximum Gasteiger partial charge on any atom is 0.340 e. The van der Waals surface area contributed by atoms with Crippen molar-refractivity contribution in [1.29, 1.82) is 0 Å². The Morgan fingerprint density at radius 2 is 1.96 bits per heavy atom. The Morgan fingerprint density at radius 1 is 1.15 bits per heavy atom. The van der Waals surface area contributed by atoms with Crippen molar-refractivity contribution < 1.29 is 19.1 Å². The molecule has 0 fully saturated rings. The first kappa shape index (κ1) is 20.5. The fraction of sp³-hybridized carbons (Fsp3) is 0.450. The van der Waals surface area contributed by atoms with E-state index in [9.17, 15) is 14.4 Å². The molecule has 7 nitrogen and oxygen atoms in total. The summed E-state index contributed by atoms with van der Waals surface area (Å²) in [6, 6.07) is 6.41. The normalized spacial score (nSPS) is 13.3. The first-order valence-electron chi connectivity index (χ1n) is 9.35. The standard InChI is InChI=1S/C20H27N3O4/c1-2-21-20(26)23-18(24)14-27-19(25)16-10-6-7-11-17(16)22-13-12-15-8-4-3-5-9-15/h6-8,10-11,22H,2-5,9,12-14H2,1H3,(H2,21,23,24,26). The third kappa shape index (κ3) is 7.13. The van der Waals surface area contributed by atoms with Crippen molar-refractivity contribution in [3.8, 4) is 0 Å². The van der Waals surface area contributed by atoms with Crippen molar-refractivity contribution in [2.45, 2.75) is 39.0 Å². The van der Waals surface area contributed by atoms with E-state index < -0.39 is 24.5 Å². The minimum atomic E-state index is -0.677. The molecule has 3 N–H and O–H groups in total. The highest BCUT2D eigenvalue weighted by atomic mass is 16.5. The van der Waals surface area contributed by atoms with Gasteiger partial charge in [0.2, 0.25) is 0 Å². The van der Waals surface area contributed by atoms with E-state index in [-0.39, 0.29) is 0 Å². The van der Waals surface area contributed by atoms with Gasteiger partial charge < -0.3 is 15.4 Å². The number of amides is 3. The minimum Gasteiger partial charge on any atom is -0.452 e. The molecule has 0 saturated carbocycles. The summed E-state index contributed by atoms with van der Waals surface area (Å²) < 4.78 is 5.02. The molecule has 27 heavy (non-hydrogen) atoms. The first-order chi connectivity index (χ1) is 13.1. The SMILES string of the molecule is CCNC(=O)NC(=O)COC(=O)c1ccccc1NCCC1=CCCCC1. The van der Waals surface area contributed by atoms with Gasteiger partial charge >= 0.3 is 12.0 Å². The number of hydrogen-bond donors (Lipinski definition) is 3. The minimum absolute atomic E-state index is 0.362. The molecule has 0 radical (unpaired) electrons. The summed E-state index contributed by atoms with van der Waals surface area (Å²) in [7, 11) is 0. The Balaban J connectivity index is 1.84. The number of esters is 1. The third-order valence-corrected chi connectivity index (χ3v) is 4.22. The van der Waals surface area contributed by atoms with E-state index in [1.54, 1.807) is 25.1 Å². The topological polar surface area (TPSA) is 96.5 Å². The highest BCUT2D eigenvalue weighted by molar-refractivity contribution is 5.99. The maximum atomic E-state index is 12.3. The monoisotopic (exact) mass is 373 g/mol. The fourth-order valence-corrected chi connectivity index (χ4v) is 2.88. The Bertz CT molecular complexity index is 700. The zero-order valence-electron chi connectivity index (χ0n) is 15.7. The van der Waals surface area contributed by atoms with E-state index in [0.717, 1.165) is 25.8 Å². The molecule has 1 aromatic carbocycles. The summed E-state index contributed by atoms with van der Waals surface area (Å²) in [6.45, 7) is 2.35. The molecule has 2 rings (SSSR count). The van der Waals surface area contributed by atoms with E-state index in [2.05, 4.69) is 22.0 Å². The molecule has 1 aliphatic rings. The van der Waals surface area contributed by atoms with Crippen LogP contribution in [0.2, 0.25) is 0 Å². The molecule has 0 aliphatic heterocycles. The molecular formula is C20H27N3O4. The van der Waals surface area contributed by atoms with E-state index in [4.69, 9.17) is 4.74 Å². The Labute approximate surface area is 159 Å². The van der Waals surface area contributed by atoms with Crippen LogP contribution in [-0.2, 0) is 9.53 Å². The Hall–Kier alpha value is -2.83. The predicted octanol–water partition coefficient (Wildman–Crippen LogP) is 2.99. The zero-order chi connectivity index (χ0) is 19.5. The lowest BCUT2D eigenvalue weighted by atomic mass is 9.97. The number of benzene rings is 1. The summed E-state index contributed by atoms with van der Waals surface area (Å²) in [5.41, 5.74) is 2.49. The molecule has 0 spiro atoms. The number of para-hydroxylation sites is 1. The molecule has 0 aromatic heterocycles.